The molecular formula is C17H26ClNO3. The molecule has 124 valence electrons. The van der Waals surface area contributed by atoms with Gasteiger partial charge < -0.3 is 4.74 Å². The van der Waals surface area contributed by atoms with Gasteiger partial charge in [0.05, 0.1) is 13.7 Å². The third-order valence-electron chi connectivity index (χ3n) is 3.49. The number of carbonyl (C=O) groups excluding carboxylic acids is 1. The van der Waals surface area contributed by atoms with Crippen molar-refractivity contribution in [3.63, 3.8) is 0 Å². The van der Waals surface area contributed by atoms with Crippen LogP contribution in [0, 0.1) is 5.92 Å². The lowest BCUT2D eigenvalue weighted by Crippen LogP contribution is -2.38. The smallest absolute Gasteiger partial charge is 0.274 e. The van der Waals surface area contributed by atoms with Crippen LogP contribution in [0.2, 0.25) is 5.02 Å². The SMILES string of the molecule is CCCC(OCC(C)Cc1ccc(Cl)cc1)C(=O)N(C)OC. The Labute approximate surface area is 138 Å². The summed E-state index contributed by atoms with van der Waals surface area (Å²) in [4.78, 5) is 17.1. The van der Waals surface area contributed by atoms with E-state index in [0.717, 1.165) is 17.9 Å². The number of benzene rings is 1. The van der Waals surface area contributed by atoms with E-state index < -0.39 is 6.10 Å². The summed E-state index contributed by atoms with van der Waals surface area (Å²) in [5.41, 5.74) is 1.22. The fourth-order valence-electron chi connectivity index (χ4n) is 2.20. The Morgan fingerprint density at radius 2 is 1.95 bits per heavy atom. The first-order valence-corrected chi connectivity index (χ1v) is 8.03. The fraction of sp³-hybridized carbons (Fsp3) is 0.588. The van der Waals surface area contributed by atoms with E-state index in [4.69, 9.17) is 21.2 Å². The summed E-state index contributed by atoms with van der Waals surface area (Å²) in [5, 5.41) is 1.97. The minimum absolute atomic E-state index is 0.136. The van der Waals surface area contributed by atoms with Crippen LogP contribution in [0.15, 0.2) is 24.3 Å². The predicted octanol–water partition coefficient (Wildman–Crippen LogP) is 3.72. The Morgan fingerprint density at radius 3 is 2.50 bits per heavy atom. The van der Waals surface area contributed by atoms with E-state index in [1.54, 1.807) is 7.05 Å². The van der Waals surface area contributed by atoms with Gasteiger partial charge in [-0.2, -0.15) is 0 Å². The van der Waals surface area contributed by atoms with Gasteiger partial charge in [-0.05, 0) is 36.5 Å². The van der Waals surface area contributed by atoms with Crippen molar-refractivity contribution in [2.24, 2.45) is 5.92 Å². The molecule has 1 aromatic carbocycles. The molecule has 0 bridgehead atoms. The average molecular weight is 328 g/mol. The summed E-state index contributed by atoms with van der Waals surface area (Å²) >= 11 is 5.89. The van der Waals surface area contributed by atoms with Crippen molar-refractivity contribution in [2.45, 2.75) is 39.2 Å². The second kappa shape index (κ2) is 9.82. The number of halogens is 1. The quantitative estimate of drug-likeness (QED) is 0.649. The molecule has 0 radical (unpaired) electrons. The molecule has 0 aromatic heterocycles. The first kappa shape index (κ1) is 18.9. The van der Waals surface area contributed by atoms with Gasteiger partial charge in [0, 0.05) is 12.1 Å². The molecule has 0 fully saturated rings. The normalized spacial score (nSPS) is 13.7. The first-order valence-electron chi connectivity index (χ1n) is 7.65. The van der Waals surface area contributed by atoms with Crippen LogP contribution in [0.25, 0.3) is 0 Å². The molecule has 1 amide bonds. The van der Waals surface area contributed by atoms with Crippen molar-refractivity contribution in [3.8, 4) is 0 Å². The predicted molar refractivity (Wildman–Crippen MR) is 88.7 cm³/mol. The topological polar surface area (TPSA) is 38.8 Å². The standard InChI is InChI=1S/C17H26ClNO3/c1-5-6-16(17(20)19(3)21-4)22-12-13(2)11-14-7-9-15(18)10-8-14/h7-10,13,16H,5-6,11-12H2,1-4H3. The van der Waals surface area contributed by atoms with Crippen LogP contribution in [-0.2, 0) is 20.8 Å². The van der Waals surface area contributed by atoms with E-state index in [-0.39, 0.29) is 5.91 Å². The van der Waals surface area contributed by atoms with Crippen molar-refractivity contribution in [3.05, 3.63) is 34.9 Å². The number of nitrogens with zero attached hydrogens (tertiary/aromatic N) is 1. The largest absolute Gasteiger partial charge is 0.368 e. The van der Waals surface area contributed by atoms with Crippen molar-refractivity contribution < 1.29 is 14.4 Å². The van der Waals surface area contributed by atoms with Gasteiger partial charge in [-0.15, -0.1) is 0 Å². The molecule has 0 heterocycles. The van der Waals surface area contributed by atoms with Crippen molar-refractivity contribution in [1.29, 1.82) is 0 Å². The van der Waals surface area contributed by atoms with Gasteiger partial charge in [0.15, 0.2) is 0 Å². The number of rotatable bonds is 9. The van der Waals surface area contributed by atoms with Crippen LogP contribution in [-0.4, -0.2) is 37.8 Å². The minimum atomic E-state index is -0.442. The zero-order valence-corrected chi connectivity index (χ0v) is 14.6. The summed E-state index contributed by atoms with van der Waals surface area (Å²) in [6.07, 6.45) is 2.03. The lowest BCUT2D eigenvalue weighted by molar-refractivity contribution is -0.182. The Morgan fingerprint density at radius 1 is 1.32 bits per heavy atom. The van der Waals surface area contributed by atoms with Gasteiger partial charge in [0.1, 0.15) is 6.10 Å². The molecule has 22 heavy (non-hydrogen) atoms. The Kier molecular flexibility index (Phi) is 8.46. The Balaban J connectivity index is 2.49. The fourth-order valence-corrected chi connectivity index (χ4v) is 2.32. The molecule has 0 saturated heterocycles. The molecule has 4 nitrogen and oxygen atoms in total. The van der Waals surface area contributed by atoms with E-state index in [1.807, 2.05) is 31.2 Å². The van der Waals surface area contributed by atoms with Gasteiger partial charge in [0.2, 0.25) is 0 Å². The van der Waals surface area contributed by atoms with E-state index >= 15 is 0 Å². The summed E-state index contributed by atoms with van der Waals surface area (Å²) in [6.45, 7) is 4.69. The first-order chi connectivity index (χ1) is 10.5. The van der Waals surface area contributed by atoms with Gasteiger partial charge in [-0.3, -0.25) is 9.63 Å². The third kappa shape index (κ3) is 6.34. The van der Waals surface area contributed by atoms with Gasteiger partial charge in [0.25, 0.3) is 5.91 Å². The van der Waals surface area contributed by atoms with E-state index in [1.165, 1.54) is 17.7 Å². The lowest BCUT2D eigenvalue weighted by atomic mass is 10.0. The van der Waals surface area contributed by atoms with E-state index in [0.29, 0.717) is 18.9 Å². The second-order valence-corrected chi connectivity index (χ2v) is 6.00. The highest BCUT2D eigenvalue weighted by Gasteiger charge is 2.23. The van der Waals surface area contributed by atoms with Crippen molar-refractivity contribution >= 4 is 17.5 Å². The van der Waals surface area contributed by atoms with Crippen molar-refractivity contribution in [2.75, 3.05) is 20.8 Å². The molecule has 0 N–H and O–H groups in total. The molecule has 2 unspecified atom stereocenters. The third-order valence-corrected chi connectivity index (χ3v) is 3.74. The molecule has 0 aliphatic carbocycles. The summed E-state index contributed by atoms with van der Waals surface area (Å²) in [6, 6.07) is 7.82. The molecule has 1 rings (SSSR count). The molecule has 5 heteroatoms. The maximum absolute atomic E-state index is 12.1. The summed E-state index contributed by atoms with van der Waals surface area (Å²) in [5.74, 6) is 0.184. The highest BCUT2D eigenvalue weighted by Crippen LogP contribution is 2.15. The molecule has 1 aromatic rings. The maximum Gasteiger partial charge on any atom is 0.274 e. The van der Waals surface area contributed by atoms with E-state index in [2.05, 4.69) is 6.92 Å². The lowest BCUT2D eigenvalue weighted by Gasteiger charge is -2.23. The average Bonchev–Trinajstić information content (AvgIpc) is 2.52. The van der Waals surface area contributed by atoms with Gasteiger partial charge in [-0.1, -0.05) is 44.0 Å². The van der Waals surface area contributed by atoms with Crippen LogP contribution in [0.3, 0.4) is 0 Å². The number of hydrogen-bond acceptors (Lipinski definition) is 3. The highest BCUT2D eigenvalue weighted by molar-refractivity contribution is 6.30. The molecule has 0 aliphatic rings. The van der Waals surface area contributed by atoms with Crippen molar-refractivity contribution in [1.82, 2.24) is 5.06 Å². The van der Waals surface area contributed by atoms with Crippen LogP contribution in [0.1, 0.15) is 32.3 Å². The second-order valence-electron chi connectivity index (χ2n) is 5.56. The number of ether oxygens (including phenoxy) is 1. The molecular weight excluding hydrogens is 302 g/mol. The zero-order chi connectivity index (χ0) is 16.5. The number of amides is 1. The summed E-state index contributed by atoms with van der Waals surface area (Å²) in [7, 11) is 3.08. The van der Waals surface area contributed by atoms with Crippen LogP contribution < -0.4 is 0 Å². The van der Waals surface area contributed by atoms with Gasteiger partial charge in [-0.25, -0.2) is 5.06 Å². The van der Waals surface area contributed by atoms with Crippen LogP contribution in [0.5, 0.6) is 0 Å². The highest BCUT2D eigenvalue weighted by atomic mass is 35.5. The number of likely N-dealkylation sites (N-methyl/N-ethyl adjacent to an activating group) is 1. The Bertz CT molecular complexity index is 450. The number of hydroxylamine groups is 2. The van der Waals surface area contributed by atoms with Crippen LogP contribution >= 0.6 is 11.6 Å². The molecule has 0 saturated carbocycles. The van der Waals surface area contributed by atoms with E-state index in [9.17, 15) is 4.79 Å². The monoisotopic (exact) mass is 327 g/mol. The number of hydrogen-bond donors (Lipinski definition) is 0. The van der Waals surface area contributed by atoms with Gasteiger partial charge >= 0.3 is 0 Å². The molecule has 2 atom stereocenters. The number of carbonyl (C=O) groups is 1. The molecule has 0 aliphatic heterocycles. The maximum atomic E-state index is 12.1. The summed E-state index contributed by atoms with van der Waals surface area (Å²) < 4.78 is 5.83. The minimum Gasteiger partial charge on any atom is -0.368 e. The zero-order valence-electron chi connectivity index (χ0n) is 13.8. The molecule has 0 spiro atoms. The van der Waals surface area contributed by atoms with Crippen LogP contribution in [0.4, 0.5) is 0 Å². The Hall–Kier alpha value is -1.10.